The molecule has 2 fully saturated rings. The van der Waals surface area contributed by atoms with E-state index in [0.717, 1.165) is 32.7 Å². The number of ether oxygens (including phenoxy) is 1. The first-order valence-electron chi connectivity index (χ1n) is 15.7. The van der Waals surface area contributed by atoms with E-state index < -0.39 is 0 Å². The van der Waals surface area contributed by atoms with Crippen LogP contribution in [-0.2, 0) is 4.74 Å². The van der Waals surface area contributed by atoms with Crippen LogP contribution in [0.5, 0.6) is 0 Å². The molecule has 2 N–H and O–H groups in total. The van der Waals surface area contributed by atoms with Crippen LogP contribution in [0.25, 0.3) is 0 Å². The summed E-state index contributed by atoms with van der Waals surface area (Å²) in [5, 5.41) is 4.48. The Kier molecular flexibility index (Phi) is 18.3. The van der Waals surface area contributed by atoms with E-state index in [1.165, 1.54) is 42.8 Å². The Morgan fingerprint density at radius 2 is 1.80 bits per heavy atom. The molecular formula is C34H58N5OU-. The van der Waals surface area contributed by atoms with Crippen LogP contribution < -0.4 is 10.9 Å². The van der Waals surface area contributed by atoms with Crippen molar-refractivity contribution in [3.8, 4) is 0 Å². The van der Waals surface area contributed by atoms with Crippen LogP contribution in [0.3, 0.4) is 0 Å². The van der Waals surface area contributed by atoms with Crippen LogP contribution in [0.4, 0.5) is 0 Å². The van der Waals surface area contributed by atoms with Crippen molar-refractivity contribution in [3.05, 3.63) is 78.8 Å². The molecule has 0 aromatic heterocycles. The minimum atomic E-state index is 0. The van der Waals surface area contributed by atoms with Gasteiger partial charge in [0.25, 0.3) is 0 Å². The van der Waals surface area contributed by atoms with Gasteiger partial charge in [-0.1, -0.05) is 96.8 Å². The predicted molar refractivity (Wildman–Crippen MR) is 172 cm³/mol. The number of morpholine rings is 1. The molecule has 3 atom stereocenters. The minimum absolute atomic E-state index is 0. The van der Waals surface area contributed by atoms with Crippen molar-refractivity contribution < 1.29 is 35.9 Å². The molecule has 230 valence electrons. The first-order chi connectivity index (χ1) is 19.4. The summed E-state index contributed by atoms with van der Waals surface area (Å²) in [6.07, 6.45) is 26.1. The molecule has 3 aliphatic heterocycles. The standard InChI is InChI=1S/C28H42N5O.C4H10.C2H6.U/c1-6-8-9-11-24(10-7-2)25-20-23(4)33(29-25)27(31-16-18-34-19-17-31)21-22(3)32-15-12-26(30-32)28(5)13-14-28;1-3-4-2;1-2;/h7-12,15,20-22,25-26,29-30H,5-6,13-14,16-19H2,1-4H3;3-4H2,1-2H3;1-2H3;/q-1;;;/b9-8+,10-7-,24-11+,27-21-;;;. The van der Waals surface area contributed by atoms with Gasteiger partial charge in [0, 0.05) is 62.1 Å². The largest absolute Gasteiger partial charge is 0.378 e. The normalized spacial score (nSPS) is 24.5. The van der Waals surface area contributed by atoms with E-state index in [0.29, 0.717) is 6.04 Å². The fourth-order valence-electron chi connectivity index (χ4n) is 4.68. The van der Waals surface area contributed by atoms with Crippen LogP contribution in [0.1, 0.15) is 87.5 Å². The van der Waals surface area contributed by atoms with Gasteiger partial charge >= 0.3 is 0 Å². The number of hydrogen-bond donors (Lipinski definition) is 2. The van der Waals surface area contributed by atoms with Gasteiger partial charge in [-0.15, -0.1) is 5.41 Å². The van der Waals surface area contributed by atoms with Crippen LogP contribution in [-0.4, -0.2) is 59.3 Å². The third kappa shape index (κ3) is 11.4. The molecule has 41 heavy (non-hydrogen) atoms. The monoisotopic (exact) mass is 791 g/mol. The van der Waals surface area contributed by atoms with E-state index in [-0.39, 0.29) is 48.6 Å². The fourth-order valence-corrected chi connectivity index (χ4v) is 4.68. The molecule has 1 saturated heterocycles. The van der Waals surface area contributed by atoms with Crippen molar-refractivity contribution in [1.29, 1.82) is 0 Å². The van der Waals surface area contributed by atoms with Gasteiger partial charge in [-0.05, 0) is 44.9 Å². The van der Waals surface area contributed by atoms with E-state index in [1.54, 1.807) is 0 Å². The van der Waals surface area contributed by atoms with Crippen molar-refractivity contribution >= 4 is 0 Å². The Bertz CT molecular complexity index is 925. The molecule has 4 aliphatic rings. The molecule has 0 amide bonds. The summed E-state index contributed by atoms with van der Waals surface area (Å²) in [6, 6.07) is 0.650. The number of hydrazine groups is 2. The molecule has 0 radical (unpaired) electrons. The topological polar surface area (TPSA) is 43.0 Å². The summed E-state index contributed by atoms with van der Waals surface area (Å²) < 4.78 is 5.66. The number of rotatable bonds is 10. The van der Waals surface area contributed by atoms with E-state index in [9.17, 15) is 0 Å². The summed E-state index contributed by atoms with van der Waals surface area (Å²) in [7, 11) is 0. The quantitative estimate of drug-likeness (QED) is 0.180. The van der Waals surface area contributed by atoms with E-state index >= 15 is 0 Å². The van der Waals surface area contributed by atoms with Gasteiger partial charge in [0.15, 0.2) is 0 Å². The molecule has 0 bridgehead atoms. The third-order valence-corrected chi connectivity index (χ3v) is 7.58. The second-order valence-corrected chi connectivity index (χ2v) is 10.8. The molecule has 6 nitrogen and oxygen atoms in total. The Morgan fingerprint density at radius 3 is 2.37 bits per heavy atom. The number of nitrogens with zero attached hydrogens (tertiary/aromatic N) is 3. The van der Waals surface area contributed by atoms with Gasteiger partial charge in [-0.25, -0.2) is 10.9 Å². The summed E-state index contributed by atoms with van der Waals surface area (Å²) in [5.41, 5.74) is 10.1. The summed E-state index contributed by atoms with van der Waals surface area (Å²) >= 11 is 0. The average Bonchev–Trinajstić information content (AvgIpc) is 3.36. The van der Waals surface area contributed by atoms with Crippen molar-refractivity contribution in [2.24, 2.45) is 5.41 Å². The van der Waals surface area contributed by atoms with Crippen LogP contribution in [0, 0.1) is 43.5 Å². The summed E-state index contributed by atoms with van der Waals surface area (Å²) in [5.74, 6) is 1.19. The zero-order valence-electron chi connectivity index (χ0n) is 27.2. The summed E-state index contributed by atoms with van der Waals surface area (Å²) in [6.45, 7) is 24.7. The molecular weight excluding hydrogens is 732 g/mol. The maximum absolute atomic E-state index is 5.66. The van der Waals surface area contributed by atoms with Crippen LogP contribution in [0.15, 0.2) is 71.9 Å². The number of unbranched alkanes of at least 4 members (excludes halogenated alkanes) is 1. The maximum atomic E-state index is 5.66. The number of nitrogens with one attached hydrogen (secondary N) is 2. The SMILES string of the molecule is CC.CCCC.[CH2-]C1(C2C=CN(C(C)/C=C(/N3CCOCC3)N3NC(C(/C=C\C)=C/C=C/CC)C=C3C)N2)CC1.[U]. The van der Waals surface area contributed by atoms with Crippen LogP contribution in [0.2, 0.25) is 0 Å². The van der Waals surface area contributed by atoms with E-state index in [2.05, 4.69) is 129 Å². The predicted octanol–water partition coefficient (Wildman–Crippen LogP) is 7.26. The molecule has 3 heterocycles. The second kappa shape index (κ2) is 19.9. The fraction of sp³-hybridized carbons (Fsp3) is 0.618. The van der Waals surface area contributed by atoms with Crippen LogP contribution >= 0.6 is 0 Å². The Hall–Kier alpha value is -1.23. The molecule has 0 aromatic carbocycles. The maximum Gasteiger partial charge on any atom is 0.121 e. The summed E-state index contributed by atoms with van der Waals surface area (Å²) in [4.78, 5) is 2.43. The molecule has 1 saturated carbocycles. The Morgan fingerprint density at radius 1 is 1.15 bits per heavy atom. The third-order valence-electron chi connectivity index (χ3n) is 7.58. The van der Waals surface area contributed by atoms with E-state index in [4.69, 9.17) is 4.74 Å². The molecule has 0 spiro atoms. The van der Waals surface area contributed by atoms with Gasteiger partial charge in [-0.3, -0.25) is 5.01 Å². The van der Waals surface area contributed by atoms with Gasteiger partial charge in [0.2, 0.25) is 0 Å². The van der Waals surface area contributed by atoms with Gasteiger partial charge in [-0.2, -0.15) is 0 Å². The average molecular weight is 791 g/mol. The zero-order chi connectivity index (χ0) is 29.5. The van der Waals surface area contributed by atoms with Crippen molar-refractivity contribution in [2.45, 2.75) is 106 Å². The van der Waals surface area contributed by atoms with Gasteiger partial charge < -0.3 is 21.6 Å². The molecule has 0 aromatic rings. The number of hydrogen-bond acceptors (Lipinski definition) is 6. The van der Waals surface area contributed by atoms with E-state index in [1.807, 2.05) is 13.8 Å². The smallest absolute Gasteiger partial charge is 0.121 e. The van der Waals surface area contributed by atoms with Gasteiger partial charge in [0.05, 0.1) is 25.3 Å². The first-order valence-corrected chi connectivity index (χ1v) is 15.7. The van der Waals surface area contributed by atoms with Crippen molar-refractivity contribution in [3.63, 3.8) is 0 Å². The van der Waals surface area contributed by atoms with Crippen molar-refractivity contribution in [1.82, 2.24) is 25.8 Å². The zero-order valence-corrected chi connectivity index (χ0v) is 31.4. The Labute approximate surface area is 276 Å². The molecule has 1 aliphatic carbocycles. The molecule has 7 heteroatoms. The minimum Gasteiger partial charge on any atom is -0.378 e. The van der Waals surface area contributed by atoms with Gasteiger partial charge in [0.1, 0.15) is 5.82 Å². The van der Waals surface area contributed by atoms with Crippen molar-refractivity contribution in [2.75, 3.05) is 26.3 Å². The molecule has 3 unspecified atom stereocenters. The Balaban J connectivity index is 0.00000111. The first kappa shape index (κ1) is 37.8. The molecule has 4 rings (SSSR count). The second-order valence-electron chi connectivity index (χ2n) is 10.8. The number of allylic oxidation sites excluding steroid dienone is 5.